The molecule has 2 aromatic rings. The number of nitrogens with two attached hydrogens (primary N) is 2. The molecule has 0 spiro atoms. The minimum atomic E-state index is -1.45. The third-order valence-corrected chi connectivity index (χ3v) is 6.57. The lowest BCUT2D eigenvalue weighted by atomic mass is 10.0. The van der Waals surface area contributed by atoms with Crippen LogP contribution in [-0.2, 0) is 0 Å². The average Bonchev–Trinajstić information content (AvgIpc) is 3.54. The predicted molar refractivity (Wildman–Crippen MR) is 99.5 cm³/mol. The Morgan fingerprint density at radius 1 is 1.29 bits per heavy atom. The molecule has 9 heteroatoms. The summed E-state index contributed by atoms with van der Waals surface area (Å²) in [4.78, 5) is 25.8. The Balaban J connectivity index is 1.81. The van der Waals surface area contributed by atoms with Gasteiger partial charge in [0.2, 0.25) is 5.43 Å². The van der Waals surface area contributed by atoms with Crippen LogP contribution in [0.25, 0.3) is 10.9 Å². The third kappa shape index (κ3) is 2.10. The van der Waals surface area contributed by atoms with Crippen molar-refractivity contribution in [2.45, 2.75) is 37.9 Å². The summed E-state index contributed by atoms with van der Waals surface area (Å²) in [5, 5.41) is 8.94. The molecule has 5 rings (SSSR count). The van der Waals surface area contributed by atoms with Gasteiger partial charge in [-0.15, -0.1) is 0 Å². The van der Waals surface area contributed by atoms with E-state index in [0.717, 1.165) is 19.0 Å². The van der Waals surface area contributed by atoms with Gasteiger partial charge in [-0.2, -0.15) is 0 Å². The summed E-state index contributed by atoms with van der Waals surface area (Å²) in [6.45, 7) is 2.30. The molecule has 2 aliphatic carbocycles. The van der Waals surface area contributed by atoms with Gasteiger partial charge < -0.3 is 26.0 Å². The van der Waals surface area contributed by atoms with Crippen molar-refractivity contribution in [2.75, 3.05) is 17.2 Å². The van der Waals surface area contributed by atoms with Gasteiger partial charge in [0.25, 0.3) is 0 Å². The molecule has 1 aromatic carbocycles. The summed E-state index contributed by atoms with van der Waals surface area (Å²) in [5.41, 5.74) is 9.53. The molecule has 0 amide bonds. The number of carboxylic acids is 1. The number of rotatable bonds is 3. The van der Waals surface area contributed by atoms with Gasteiger partial charge in [0.05, 0.1) is 16.6 Å². The summed E-state index contributed by atoms with van der Waals surface area (Å²) in [6, 6.07) is -0.246. The first kappa shape index (κ1) is 17.4. The van der Waals surface area contributed by atoms with E-state index < -0.39 is 39.7 Å². The van der Waals surface area contributed by atoms with E-state index in [2.05, 4.69) is 0 Å². The fourth-order valence-electron chi connectivity index (χ4n) is 4.84. The molecule has 7 nitrogen and oxygen atoms in total. The van der Waals surface area contributed by atoms with Crippen LogP contribution in [0.3, 0.4) is 0 Å². The van der Waals surface area contributed by atoms with Crippen molar-refractivity contribution >= 4 is 28.2 Å². The van der Waals surface area contributed by atoms with Gasteiger partial charge in [0, 0.05) is 36.8 Å². The summed E-state index contributed by atoms with van der Waals surface area (Å²) < 4.78 is 32.3. The number of nitrogens with zero attached hydrogens (tertiary/aromatic N) is 2. The lowest BCUT2D eigenvalue weighted by molar-refractivity contribution is 0.0695. The number of fused-ring (bicyclic) bond motifs is 2. The van der Waals surface area contributed by atoms with Crippen LogP contribution >= 0.6 is 0 Å². The van der Waals surface area contributed by atoms with E-state index in [-0.39, 0.29) is 41.2 Å². The molecule has 0 radical (unpaired) electrons. The van der Waals surface area contributed by atoms with Gasteiger partial charge in [-0.3, -0.25) is 4.79 Å². The molecule has 2 saturated carbocycles. The topological polar surface area (TPSA) is 115 Å². The number of piperidine rings is 1. The summed E-state index contributed by atoms with van der Waals surface area (Å²) in [6.07, 6.45) is 2.60. The van der Waals surface area contributed by atoms with Crippen LogP contribution in [0.1, 0.15) is 36.2 Å². The number of benzene rings is 1. The molecular weight excluding hydrogens is 370 g/mol. The molecule has 1 aliphatic heterocycles. The Kier molecular flexibility index (Phi) is 3.38. The molecule has 1 aromatic heterocycles. The molecule has 3 aliphatic rings. The summed E-state index contributed by atoms with van der Waals surface area (Å²) >= 11 is 0. The molecule has 0 unspecified atom stereocenters. The maximum absolute atomic E-state index is 15.7. The normalized spacial score (nSPS) is 28.6. The molecule has 5 N–H and O–H groups in total. The molecule has 3 fully saturated rings. The Morgan fingerprint density at radius 2 is 1.96 bits per heavy atom. The summed E-state index contributed by atoms with van der Waals surface area (Å²) in [5.74, 6) is -2.98. The number of hydrogen-bond donors (Lipinski definition) is 3. The number of aromatic nitrogens is 1. The number of aromatic carboxylic acids is 1. The van der Waals surface area contributed by atoms with Gasteiger partial charge in [0.15, 0.2) is 11.6 Å². The Bertz CT molecular complexity index is 1110. The quantitative estimate of drug-likeness (QED) is 0.687. The van der Waals surface area contributed by atoms with Gasteiger partial charge >= 0.3 is 5.97 Å². The Labute approximate surface area is 158 Å². The standard InChI is InChI=1S/C19H20F2N4O3/c1-6-10-8(14(10)22)4-24(6)17-12(20)15(23)11-16(13(17)21)25(7-2-3-7)5-9(18(11)26)19(27)28/h5-8,10,14H,2-4,22-23H2,1H3,(H,27,28)/t6-,8-,10+,14+/m1/s1. The van der Waals surface area contributed by atoms with Crippen molar-refractivity contribution < 1.29 is 18.7 Å². The van der Waals surface area contributed by atoms with Crippen molar-refractivity contribution in [1.82, 2.24) is 4.57 Å². The van der Waals surface area contributed by atoms with Gasteiger partial charge in [0.1, 0.15) is 11.3 Å². The van der Waals surface area contributed by atoms with Crippen molar-refractivity contribution in [3.63, 3.8) is 0 Å². The van der Waals surface area contributed by atoms with Crippen molar-refractivity contribution in [3.8, 4) is 0 Å². The second kappa shape index (κ2) is 5.44. The van der Waals surface area contributed by atoms with Crippen LogP contribution in [0.4, 0.5) is 20.2 Å². The van der Waals surface area contributed by atoms with E-state index in [0.29, 0.717) is 6.54 Å². The predicted octanol–water partition coefficient (Wildman–Crippen LogP) is 1.68. The van der Waals surface area contributed by atoms with Crippen LogP contribution < -0.4 is 21.8 Å². The highest BCUT2D eigenvalue weighted by molar-refractivity contribution is 5.99. The molecular formula is C19H20F2N4O3. The minimum Gasteiger partial charge on any atom is -0.477 e. The van der Waals surface area contributed by atoms with E-state index in [1.807, 2.05) is 6.92 Å². The highest BCUT2D eigenvalue weighted by Crippen LogP contribution is 2.51. The highest BCUT2D eigenvalue weighted by Gasteiger charge is 2.58. The fourth-order valence-corrected chi connectivity index (χ4v) is 4.84. The monoisotopic (exact) mass is 390 g/mol. The van der Waals surface area contributed by atoms with Crippen LogP contribution in [0.15, 0.2) is 11.0 Å². The molecule has 28 heavy (non-hydrogen) atoms. The highest BCUT2D eigenvalue weighted by atomic mass is 19.1. The number of halogens is 2. The van der Waals surface area contributed by atoms with Crippen LogP contribution in [0.5, 0.6) is 0 Å². The lowest BCUT2D eigenvalue weighted by Crippen LogP contribution is -2.37. The average molecular weight is 390 g/mol. The van der Waals surface area contributed by atoms with E-state index in [1.165, 1.54) is 4.57 Å². The Morgan fingerprint density at radius 3 is 2.50 bits per heavy atom. The van der Waals surface area contributed by atoms with Crippen molar-refractivity contribution in [1.29, 1.82) is 0 Å². The maximum atomic E-state index is 15.7. The minimum absolute atomic E-state index is 0.0398. The van der Waals surface area contributed by atoms with E-state index in [4.69, 9.17) is 11.5 Å². The van der Waals surface area contributed by atoms with Gasteiger partial charge in [-0.25, -0.2) is 13.6 Å². The smallest absolute Gasteiger partial charge is 0.341 e. The summed E-state index contributed by atoms with van der Waals surface area (Å²) in [7, 11) is 0. The fraction of sp³-hybridized carbons (Fsp3) is 0.474. The zero-order chi connectivity index (χ0) is 20.1. The largest absolute Gasteiger partial charge is 0.477 e. The Hall–Kier alpha value is -2.68. The lowest BCUT2D eigenvalue weighted by Gasteiger charge is -2.30. The van der Waals surface area contributed by atoms with Gasteiger partial charge in [-0.1, -0.05) is 0 Å². The number of pyridine rings is 1. The first-order chi connectivity index (χ1) is 13.2. The van der Waals surface area contributed by atoms with Gasteiger partial charge in [-0.05, 0) is 25.7 Å². The van der Waals surface area contributed by atoms with Crippen LogP contribution in [-0.4, -0.2) is 34.3 Å². The molecule has 4 atom stereocenters. The SMILES string of the molecule is C[C@@H]1[C@@H]2[C@@H](N)[C@@H]2CN1c1c(F)c(N)c2c(=O)c(C(=O)O)cn(C3CC3)c2c1F. The zero-order valence-electron chi connectivity index (χ0n) is 15.2. The molecule has 1 saturated heterocycles. The molecule has 148 valence electrons. The molecule has 2 heterocycles. The van der Waals surface area contributed by atoms with Crippen LogP contribution in [0.2, 0.25) is 0 Å². The number of hydrogen-bond acceptors (Lipinski definition) is 5. The van der Waals surface area contributed by atoms with Crippen LogP contribution in [0, 0.1) is 23.5 Å². The van der Waals surface area contributed by atoms with Crippen molar-refractivity contribution in [2.24, 2.45) is 17.6 Å². The number of anilines is 2. The van der Waals surface area contributed by atoms with E-state index >= 15 is 8.78 Å². The van der Waals surface area contributed by atoms with E-state index in [9.17, 15) is 14.7 Å². The number of carboxylic acid groups (broad SMARTS) is 1. The number of carbonyl (C=O) groups is 1. The first-order valence-corrected chi connectivity index (χ1v) is 9.34. The number of nitrogen functional groups attached to an aromatic ring is 1. The van der Waals surface area contributed by atoms with Crippen molar-refractivity contribution in [3.05, 3.63) is 33.6 Å². The first-order valence-electron chi connectivity index (χ1n) is 9.34. The molecule has 0 bridgehead atoms. The zero-order valence-corrected chi connectivity index (χ0v) is 15.2. The maximum Gasteiger partial charge on any atom is 0.341 e. The third-order valence-electron chi connectivity index (χ3n) is 6.57. The second-order valence-electron chi connectivity index (χ2n) is 8.14. The van der Waals surface area contributed by atoms with E-state index in [1.54, 1.807) is 4.90 Å². The second-order valence-corrected chi connectivity index (χ2v) is 8.14.